The zero-order valence-electron chi connectivity index (χ0n) is 19.5. The van der Waals surface area contributed by atoms with Crippen LogP contribution < -0.4 is 24.8 Å². The van der Waals surface area contributed by atoms with Crippen molar-refractivity contribution in [2.45, 2.75) is 19.3 Å². The van der Waals surface area contributed by atoms with E-state index in [9.17, 15) is 10.1 Å². The number of allylic oxidation sites excluding steroid dienone is 4. The van der Waals surface area contributed by atoms with Crippen molar-refractivity contribution in [1.29, 1.82) is 5.26 Å². The van der Waals surface area contributed by atoms with E-state index in [2.05, 4.69) is 6.07 Å². The normalized spacial score (nSPS) is 18.1. The quantitative estimate of drug-likeness (QED) is 0.679. The zero-order valence-corrected chi connectivity index (χ0v) is 19.5. The number of ketones is 1. The fourth-order valence-electron chi connectivity index (χ4n) is 4.58. The number of methoxy groups -OCH3 is 3. The van der Waals surface area contributed by atoms with Crippen molar-refractivity contribution in [1.82, 2.24) is 0 Å². The van der Waals surface area contributed by atoms with Crippen molar-refractivity contribution in [2.24, 2.45) is 11.7 Å². The number of nitrogens with two attached hydrogens (primary N) is 1. The van der Waals surface area contributed by atoms with Crippen molar-refractivity contribution in [3.63, 3.8) is 0 Å². The lowest BCUT2D eigenvalue weighted by Crippen LogP contribution is -2.39. The second kappa shape index (κ2) is 9.75. The van der Waals surface area contributed by atoms with Crippen LogP contribution in [0.3, 0.4) is 0 Å². The monoisotopic (exact) mass is 457 g/mol. The highest BCUT2D eigenvalue weighted by Gasteiger charge is 2.38. The summed E-state index contributed by atoms with van der Waals surface area (Å²) in [5.74, 6) is 1.17. The minimum Gasteiger partial charge on any atom is -0.493 e. The molecule has 174 valence electrons. The Morgan fingerprint density at radius 1 is 1.06 bits per heavy atom. The summed E-state index contributed by atoms with van der Waals surface area (Å²) in [6.07, 6.45) is 5.63. The van der Waals surface area contributed by atoms with Gasteiger partial charge in [0.15, 0.2) is 17.3 Å². The van der Waals surface area contributed by atoms with Gasteiger partial charge in [0.1, 0.15) is 5.82 Å². The Kier molecular flexibility index (Phi) is 6.60. The van der Waals surface area contributed by atoms with E-state index in [0.29, 0.717) is 53.3 Å². The van der Waals surface area contributed by atoms with Crippen LogP contribution >= 0.6 is 0 Å². The van der Waals surface area contributed by atoms with E-state index in [1.165, 1.54) is 21.3 Å². The maximum absolute atomic E-state index is 13.2. The predicted molar refractivity (Wildman–Crippen MR) is 130 cm³/mol. The molecular weight excluding hydrogens is 430 g/mol. The molecule has 0 fully saturated rings. The third-order valence-electron chi connectivity index (χ3n) is 6.15. The molecule has 1 aliphatic carbocycles. The number of hydrogen-bond acceptors (Lipinski definition) is 7. The Labute approximate surface area is 199 Å². The number of hydrogen-bond donors (Lipinski definition) is 1. The number of benzene rings is 2. The lowest BCUT2D eigenvalue weighted by atomic mass is 9.78. The van der Waals surface area contributed by atoms with Crippen LogP contribution in [0.1, 0.15) is 24.8 Å². The smallest absolute Gasteiger partial charge is 0.203 e. The fraction of sp³-hybridized carbons (Fsp3) is 0.259. The van der Waals surface area contributed by atoms with Gasteiger partial charge in [0.2, 0.25) is 5.75 Å². The summed E-state index contributed by atoms with van der Waals surface area (Å²) in [4.78, 5) is 15.0. The SMILES string of the molecule is COc1cc(N2C(N)=C(C#N)C(/C=C/c3ccccc3)C3=C2CCCC3=O)cc(OC)c1OC. The van der Waals surface area contributed by atoms with Gasteiger partial charge in [-0.1, -0.05) is 42.5 Å². The summed E-state index contributed by atoms with van der Waals surface area (Å²) in [5.41, 5.74) is 9.97. The first-order valence-electron chi connectivity index (χ1n) is 11.0. The highest BCUT2D eigenvalue weighted by Crippen LogP contribution is 2.47. The van der Waals surface area contributed by atoms with Crippen LogP contribution in [0.15, 0.2) is 71.2 Å². The van der Waals surface area contributed by atoms with E-state index < -0.39 is 5.92 Å². The van der Waals surface area contributed by atoms with Crippen LogP contribution in [0.25, 0.3) is 6.08 Å². The summed E-state index contributed by atoms with van der Waals surface area (Å²) >= 11 is 0. The van der Waals surface area contributed by atoms with E-state index >= 15 is 0 Å². The van der Waals surface area contributed by atoms with Crippen molar-refractivity contribution in [3.05, 3.63) is 76.8 Å². The number of ether oxygens (including phenoxy) is 3. The molecule has 2 aromatic carbocycles. The lowest BCUT2D eigenvalue weighted by Gasteiger charge is -2.39. The van der Waals surface area contributed by atoms with Gasteiger partial charge in [0.05, 0.1) is 38.7 Å². The molecule has 1 aliphatic heterocycles. The summed E-state index contributed by atoms with van der Waals surface area (Å²) in [6, 6.07) is 15.6. The highest BCUT2D eigenvalue weighted by atomic mass is 16.5. The van der Waals surface area contributed by atoms with Crippen molar-refractivity contribution < 1.29 is 19.0 Å². The Morgan fingerprint density at radius 2 is 1.74 bits per heavy atom. The van der Waals surface area contributed by atoms with Gasteiger partial charge in [0.25, 0.3) is 0 Å². The van der Waals surface area contributed by atoms with Crippen LogP contribution in [-0.4, -0.2) is 27.1 Å². The molecule has 7 nitrogen and oxygen atoms in total. The Balaban J connectivity index is 1.90. The molecule has 2 aliphatic rings. The number of carbonyl (C=O) groups is 1. The third kappa shape index (κ3) is 3.99. The molecule has 1 heterocycles. The maximum atomic E-state index is 13.2. The van der Waals surface area contributed by atoms with Gasteiger partial charge in [-0.25, -0.2) is 0 Å². The first-order chi connectivity index (χ1) is 16.5. The van der Waals surface area contributed by atoms with Gasteiger partial charge in [0, 0.05) is 35.7 Å². The molecule has 0 radical (unpaired) electrons. The van der Waals surface area contributed by atoms with E-state index in [-0.39, 0.29) is 11.6 Å². The number of nitrogens with zero attached hydrogens (tertiary/aromatic N) is 2. The summed E-state index contributed by atoms with van der Waals surface area (Å²) in [6.45, 7) is 0. The molecule has 7 heteroatoms. The van der Waals surface area contributed by atoms with Gasteiger partial charge >= 0.3 is 0 Å². The number of rotatable bonds is 6. The molecule has 0 saturated carbocycles. The van der Waals surface area contributed by atoms with Crippen molar-refractivity contribution in [3.8, 4) is 23.3 Å². The van der Waals surface area contributed by atoms with E-state index in [1.54, 1.807) is 17.0 Å². The topological polar surface area (TPSA) is 97.8 Å². The van der Waals surface area contributed by atoms with Crippen LogP contribution in [0.5, 0.6) is 17.2 Å². The van der Waals surface area contributed by atoms with Crippen LogP contribution in [0, 0.1) is 17.2 Å². The van der Waals surface area contributed by atoms with Gasteiger partial charge in [-0.2, -0.15) is 5.26 Å². The molecule has 2 aromatic rings. The Hall–Kier alpha value is -4.18. The fourth-order valence-corrected chi connectivity index (χ4v) is 4.58. The molecule has 1 unspecified atom stereocenters. The molecule has 34 heavy (non-hydrogen) atoms. The minimum absolute atomic E-state index is 0.0293. The van der Waals surface area contributed by atoms with Crippen molar-refractivity contribution >= 4 is 17.5 Å². The van der Waals surface area contributed by atoms with Gasteiger partial charge in [-0.3, -0.25) is 9.69 Å². The van der Waals surface area contributed by atoms with E-state index in [0.717, 1.165) is 11.3 Å². The van der Waals surface area contributed by atoms with Crippen molar-refractivity contribution in [2.75, 3.05) is 26.2 Å². The van der Waals surface area contributed by atoms with E-state index in [1.807, 2.05) is 42.5 Å². The Morgan fingerprint density at radius 3 is 2.32 bits per heavy atom. The molecular formula is C27H27N3O4. The first kappa shape index (κ1) is 23.0. The number of anilines is 1. The average Bonchev–Trinajstić information content (AvgIpc) is 2.87. The molecule has 0 amide bonds. The average molecular weight is 458 g/mol. The second-order valence-corrected chi connectivity index (χ2v) is 8.01. The largest absolute Gasteiger partial charge is 0.493 e. The minimum atomic E-state index is -0.508. The molecule has 0 aromatic heterocycles. The maximum Gasteiger partial charge on any atom is 0.203 e. The molecule has 0 spiro atoms. The van der Waals surface area contributed by atoms with Crippen LogP contribution in [-0.2, 0) is 4.79 Å². The third-order valence-corrected chi connectivity index (χ3v) is 6.15. The number of carbonyl (C=O) groups excluding carboxylic acids is 1. The van der Waals surface area contributed by atoms with Gasteiger partial charge in [-0.05, 0) is 18.4 Å². The second-order valence-electron chi connectivity index (χ2n) is 8.01. The molecule has 2 N–H and O–H groups in total. The molecule has 0 bridgehead atoms. The highest BCUT2D eigenvalue weighted by molar-refractivity contribution is 6.00. The standard InChI is InChI=1S/C27H27N3O4/c1-32-23-14-18(15-24(33-2)26(23)34-3)30-21-10-7-11-22(31)25(21)19(20(16-28)27(30)29)13-12-17-8-5-4-6-9-17/h4-6,8-9,12-15,19H,7,10-11,29H2,1-3H3/b13-12+. The van der Waals surface area contributed by atoms with Crippen LogP contribution in [0.4, 0.5) is 5.69 Å². The zero-order chi connectivity index (χ0) is 24.2. The van der Waals surface area contributed by atoms with Crippen LogP contribution in [0.2, 0.25) is 0 Å². The summed E-state index contributed by atoms with van der Waals surface area (Å²) in [7, 11) is 4.61. The molecule has 4 rings (SSSR count). The molecule has 0 saturated heterocycles. The van der Waals surface area contributed by atoms with Gasteiger partial charge < -0.3 is 19.9 Å². The summed E-state index contributed by atoms with van der Waals surface area (Å²) in [5, 5.41) is 10.1. The molecule has 1 atom stereocenters. The Bertz CT molecular complexity index is 1210. The number of nitriles is 1. The van der Waals surface area contributed by atoms with Gasteiger partial charge in [-0.15, -0.1) is 0 Å². The first-order valence-corrected chi connectivity index (χ1v) is 11.0. The predicted octanol–water partition coefficient (Wildman–Crippen LogP) is 4.56. The number of Topliss-reactive ketones (excluding diaryl/α,β-unsaturated/α-hetero) is 1. The van der Waals surface area contributed by atoms with E-state index in [4.69, 9.17) is 19.9 Å². The summed E-state index contributed by atoms with van der Waals surface area (Å²) < 4.78 is 16.5. The lowest BCUT2D eigenvalue weighted by molar-refractivity contribution is -0.116.